The smallest absolute Gasteiger partial charge is 0.228 e. The highest BCUT2D eigenvalue weighted by molar-refractivity contribution is 5.88. The van der Waals surface area contributed by atoms with Gasteiger partial charge in [0.1, 0.15) is 5.82 Å². The molecule has 1 aliphatic rings. The molecule has 1 aliphatic heterocycles. The van der Waals surface area contributed by atoms with Crippen molar-refractivity contribution in [3.8, 4) is 0 Å². The molecule has 18 heavy (non-hydrogen) atoms. The Hall–Kier alpha value is -1.95. The van der Waals surface area contributed by atoms with Crippen LogP contribution in [0.15, 0.2) is 18.5 Å². The van der Waals surface area contributed by atoms with Crippen LogP contribution >= 0.6 is 0 Å². The fraction of sp³-hybridized carbons (Fsp3) is 0.417. The van der Waals surface area contributed by atoms with Crippen molar-refractivity contribution >= 4 is 22.7 Å². The zero-order valence-electron chi connectivity index (χ0n) is 10.3. The summed E-state index contributed by atoms with van der Waals surface area (Å²) < 4.78 is 0. The van der Waals surface area contributed by atoms with Gasteiger partial charge >= 0.3 is 0 Å². The van der Waals surface area contributed by atoms with Crippen molar-refractivity contribution in [3.05, 3.63) is 18.5 Å². The van der Waals surface area contributed by atoms with Crippen molar-refractivity contribution in [2.24, 2.45) is 0 Å². The zero-order chi connectivity index (χ0) is 12.5. The van der Waals surface area contributed by atoms with E-state index in [1.165, 1.54) is 0 Å². The summed E-state index contributed by atoms with van der Waals surface area (Å²) in [7, 11) is 0. The summed E-state index contributed by atoms with van der Waals surface area (Å²) in [6.07, 6.45) is 3.43. The highest BCUT2D eigenvalue weighted by Gasteiger charge is 2.21. The molecule has 2 aromatic heterocycles. The molecule has 1 fully saturated rings. The van der Waals surface area contributed by atoms with Crippen LogP contribution in [0.1, 0.15) is 6.92 Å². The van der Waals surface area contributed by atoms with Crippen molar-refractivity contribution < 1.29 is 0 Å². The molecule has 0 unspecified atom stereocenters. The van der Waals surface area contributed by atoms with Gasteiger partial charge < -0.3 is 16.0 Å². The van der Waals surface area contributed by atoms with Gasteiger partial charge in [0.05, 0.1) is 11.7 Å². The predicted molar refractivity (Wildman–Crippen MR) is 71.4 cm³/mol. The summed E-state index contributed by atoms with van der Waals surface area (Å²) in [5.41, 5.74) is 6.78. The standard InChI is InChI=1S/C12H16N6/c1-8-6-15-4-5-18(8)12-16-10-7-14-3-2-9(10)11(13)17-12/h2-3,7-8,15H,4-6H2,1H3,(H2,13,16,17)/t8-/m0/s1. The van der Waals surface area contributed by atoms with Crippen LogP contribution in [0.4, 0.5) is 11.8 Å². The molecule has 0 saturated carbocycles. The maximum Gasteiger partial charge on any atom is 0.228 e. The summed E-state index contributed by atoms with van der Waals surface area (Å²) in [6.45, 7) is 4.93. The maximum atomic E-state index is 5.99. The van der Waals surface area contributed by atoms with Crippen molar-refractivity contribution in [3.63, 3.8) is 0 Å². The van der Waals surface area contributed by atoms with E-state index in [0.29, 0.717) is 17.8 Å². The third kappa shape index (κ3) is 1.84. The summed E-state index contributed by atoms with van der Waals surface area (Å²) >= 11 is 0. The highest BCUT2D eigenvalue weighted by atomic mass is 15.3. The summed E-state index contributed by atoms with van der Waals surface area (Å²) in [5, 5.41) is 4.20. The maximum absolute atomic E-state index is 5.99. The van der Waals surface area contributed by atoms with E-state index in [1.54, 1.807) is 12.4 Å². The van der Waals surface area contributed by atoms with E-state index in [9.17, 15) is 0 Å². The third-order valence-electron chi connectivity index (χ3n) is 3.28. The van der Waals surface area contributed by atoms with Crippen LogP contribution in [0, 0.1) is 0 Å². The Morgan fingerprint density at radius 2 is 2.33 bits per heavy atom. The molecule has 0 spiro atoms. The van der Waals surface area contributed by atoms with Gasteiger partial charge in [-0.2, -0.15) is 4.98 Å². The van der Waals surface area contributed by atoms with Gasteiger partial charge in [-0.1, -0.05) is 0 Å². The second kappa shape index (κ2) is 4.38. The van der Waals surface area contributed by atoms with E-state index in [2.05, 4.69) is 32.1 Å². The van der Waals surface area contributed by atoms with Crippen molar-refractivity contribution in [1.82, 2.24) is 20.3 Å². The molecule has 1 atom stereocenters. The van der Waals surface area contributed by atoms with Gasteiger partial charge in [-0.25, -0.2) is 4.98 Å². The second-order valence-electron chi connectivity index (χ2n) is 4.55. The SMILES string of the molecule is C[C@H]1CNCCN1c1nc(N)c2ccncc2n1. The largest absolute Gasteiger partial charge is 0.383 e. The minimum absolute atomic E-state index is 0.368. The summed E-state index contributed by atoms with van der Waals surface area (Å²) in [6, 6.07) is 2.21. The number of aromatic nitrogens is 3. The van der Waals surface area contributed by atoms with Gasteiger partial charge in [0, 0.05) is 37.3 Å². The van der Waals surface area contributed by atoms with E-state index in [1.807, 2.05) is 6.07 Å². The number of nitrogens with one attached hydrogen (secondary N) is 1. The number of rotatable bonds is 1. The zero-order valence-corrected chi connectivity index (χ0v) is 10.3. The van der Waals surface area contributed by atoms with E-state index in [4.69, 9.17) is 5.73 Å². The molecule has 94 valence electrons. The quantitative estimate of drug-likeness (QED) is 0.756. The second-order valence-corrected chi connectivity index (χ2v) is 4.55. The number of nitrogen functional groups attached to an aromatic ring is 1. The number of fused-ring (bicyclic) bond motifs is 1. The van der Waals surface area contributed by atoms with Crippen LogP contribution in [-0.4, -0.2) is 40.6 Å². The van der Waals surface area contributed by atoms with E-state index in [-0.39, 0.29) is 0 Å². The molecule has 0 aromatic carbocycles. The van der Waals surface area contributed by atoms with Gasteiger partial charge in [0.2, 0.25) is 5.95 Å². The average molecular weight is 244 g/mol. The molecule has 2 aromatic rings. The Balaban J connectivity index is 2.06. The van der Waals surface area contributed by atoms with Crippen molar-refractivity contribution in [2.45, 2.75) is 13.0 Å². The molecule has 0 amide bonds. The van der Waals surface area contributed by atoms with Gasteiger partial charge in [-0.3, -0.25) is 4.98 Å². The van der Waals surface area contributed by atoms with E-state index >= 15 is 0 Å². The summed E-state index contributed by atoms with van der Waals surface area (Å²) in [5.74, 6) is 1.21. The monoisotopic (exact) mass is 244 g/mol. The number of nitrogens with zero attached hydrogens (tertiary/aromatic N) is 4. The minimum atomic E-state index is 0.368. The molecular weight excluding hydrogens is 228 g/mol. The van der Waals surface area contributed by atoms with E-state index in [0.717, 1.165) is 30.5 Å². The van der Waals surface area contributed by atoms with Gasteiger partial charge in [0.15, 0.2) is 0 Å². The Morgan fingerprint density at radius 1 is 1.44 bits per heavy atom. The van der Waals surface area contributed by atoms with Gasteiger partial charge in [-0.15, -0.1) is 0 Å². The number of anilines is 2. The van der Waals surface area contributed by atoms with Crippen LogP contribution < -0.4 is 16.0 Å². The van der Waals surface area contributed by atoms with Gasteiger partial charge in [0.25, 0.3) is 0 Å². The van der Waals surface area contributed by atoms with Crippen molar-refractivity contribution in [2.75, 3.05) is 30.3 Å². The van der Waals surface area contributed by atoms with Crippen LogP contribution in [0.5, 0.6) is 0 Å². The lowest BCUT2D eigenvalue weighted by Gasteiger charge is -2.34. The Kier molecular flexibility index (Phi) is 2.71. The number of pyridine rings is 1. The Bertz CT molecular complexity index is 569. The molecule has 6 nitrogen and oxygen atoms in total. The number of hydrogen-bond donors (Lipinski definition) is 2. The molecular formula is C12H16N6. The fourth-order valence-corrected chi connectivity index (χ4v) is 2.26. The van der Waals surface area contributed by atoms with Gasteiger partial charge in [-0.05, 0) is 13.0 Å². The summed E-state index contributed by atoms with van der Waals surface area (Å²) in [4.78, 5) is 15.2. The molecule has 3 heterocycles. The topological polar surface area (TPSA) is 80.0 Å². The predicted octanol–water partition coefficient (Wildman–Crippen LogP) is 0.405. The lowest BCUT2D eigenvalue weighted by molar-refractivity contribution is 0.493. The minimum Gasteiger partial charge on any atom is -0.383 e. The van der Waals surface area contributed by atoms with Crippen LogP contribution in [0.2, 0.25) is 0 Å². The average Bonchev–Trinajstić information content (AvgIpc) is 2.39. The first-order chi connectivity index (χ1) is 8.75. The Morgan fingerprint density at radius 3 is 3.17 bits per heavy atom. The molecule has 1 saturated heterocycles. The number of hydrogen-bond acceptors (Lipinski definition) is 6. The Labute approximate surface area is 105 Å². The third-order valence-corrected chi connectivity index (χ3v) is 3.28. The van der Waals surface area contributed by atoms with Crippen molar-refractivity contribution in [1.29, 1.82) is 0 Å². The number of piperazine rings is 1. The molecule has 0 radical (unpaired) electrons. The molecule has 0 aliphatic carbocycles. The first-order valence-electron chi connectivity index (χ1n) is 6.10. The molecule has 0 bridgehead atoms. The first-order valence-corrected chi connectivity index (χ1v) is 6.10. The lowest BCUT2D eigenvalue weighted by Crippen LogP contribution is -2.50. The van der Waals surface area contributed by atoms with Crippen LogP contribution in [-0.2, 0) is 0 Å². The lowest BCUT2D eigenvalue weighted by atomic mass is 10.2. The fourth-order valence-electron chi connectivity index (χ4n) is 2.26. The van der Waals surface area contributed by atoms with Crippen LogP contribution in [0.3, 0.4) is 0 Å². The van der Waals surface area contributed by atoms with Crippen LogP contribution in [0.25, 0.3) is 10.9 Å². The van der Waals surface area contributed by atoms with E-state index < -0.39 is 0 Å². The first kappa shape index (κ1) is 11.2. The molecule has 6 heteroatoms. The number of nitrogens with two attached hydrogens (primary N) is 1. The highest BCUT2D eigenvalue weighted by Crippen LogP contribution is 2.21. The normalized spacial score (nSPS) is 20.3. The molecule has 3 rings (SSSR count). The molecule has 3 N–H and O–H groups in total.